The summed E-state index contributed by atoms with van der Waals surface area (Å²) in [7, 11) is 0. The summed E-state index contributed by atoms with van der Waals surface area (Å²) >= 11 is 6.23. The van der Waals surface area contributed by atoms with Crippen LogP contribution in [0.5, 0.6) is 0 Å². The number of ketones is 1. The highest BCUT2D eigenvalue weighted by atomic mass is 35.5. The SMILES string of the molecule is C=NC(=C\C=C/C)/C=C/C(=O)c1c(-c2cncc(C(=O)OCC)c2)c2cc(Cl)ccc2[nH]c1=O. The predicted molar refractivity (Wildman–Crippen MR) is 135 cm³/mol. The summed E-state index contributed by atoms with van der Waals surface area (Å²) < 4.78 is 5.06. The Morgan fingerprint density at radius 1 is 1.24 bits per heavy atom. The molecule has 0 spiro atoms. The van der Waals surface area contributed by atoms with E-state index in [0.29, 0.717) is 32.7 Å². The second-order valence-electron chi connectivity index (χ2n) is 7.05. The molecule has 0 aliphatic heterocycles. The number of nitrogens with one attached hydrogen (secondary N) is 1. The third kappa shape index (κ3) is 5.44. The molecule has 0 saturated heterocycles. The molecule has 8 heteroatoms. The molecule has 0 atom stereocenters. The van der Waals surface area contributed by atoms with Gasteiger partial charge in [-0.3, -0.25) is 19.6 Å². The fourth-order valence-electron chi connectivity index (χ4n) is 3.30. The quantitative estimate of drug-likeness (QED) is 0.156. The smallest absolute Gasteiger partial charge is 0.339 e. The molecule has 3 aromatic rings. The van der Waals surface area contributed by atoms with Crippen LogP contribution in [0.3, 0.4) is 0 Å². The molecule has 0 radical (unpaired) electrons. The van der Waals surface area contributed by atoms with E-state index in [1.807, 2.05) is 6.92 Å². The maximum Gasteiger partial charge on any atom is 0.339 e. The van der Waals surface area contributed by atoms with Crippen LogP contribution in [0.4, 0.5) is 0 Å². The third-order valence-corrected chi connectivity index (χ3v) is 5.04. The van der Waals surface area contributed by atoms with Gasteiger partial charge >= 0.3 is 5.97 Å². The van der Waals surface area contributed by atoms with Crippen LogP contribution < -0.4 is 5.56 Å². The van der Waals surface area contributed by atoms with E-state index < -0.39 is 17.3 Å². The second-order valence-corrected chi connectivity index (χ2v) is 7.49. The Balaban J connectivity index is 2.27. The Morgan fingerprint density at radius 2 is 2.03 bits per heavy atom. The number of aromatic amines is 1. The summed E-state index contributed by atoms with van der Waals surface area (Å²) in [5, 5.41) is 0.940. The number of H-pyrrole nitrogens is 1. The normalized spacial score (nSPS) is 11.9. The first-order valence-electron chi connectivity index (χ1n) is 10.4. The van der Waals surface area contributed by atoms with Crippen LogP contribution >= 0.6 is 11.6 Å². The average molecular weight is 476 g/mol. The van der Waals surface area contributed by atoms with Crippen molar-refractivity contribution in [1.82, 2.24) is 9.97 Å². The maximum atomic E-state index is 13.2. The molecule has 172 valence electrons. The van der Waals surface area contributed by atoms with Crippen molar-refractivity contribution >= 4 is 41.0 Å². The largest absolute Gasteiger partial charge is 0.462 e. The van der Waals surface area contributed by atoms with E-state index in [1.165, 1.54) is 30.6 Å². The van der Waals surface area contributed by atoms with Gasteiger partial charge in [-0.05, 0) is 63.1 Å². The number of allylic oxidation sites excluding steroid dienone is 5. The van der Waals surface area contributed by atoms with Gasteiger partial charge in [0.1, 0.15) is 0 Å². The number of aromatic nitrogens is 2. The number of rotatable bonds is 8. The highest BCUT2D eigenvalue weighted by molar-refractivity contribution is 6.31. The number of halogens is 1. The Kier molecular flexibility index (Phi) is 8.05. The molecule has 1 N–H and O–H groups in total. The lowest BCUT2D eigenvalue weighted by atomic mass is 9.94. The number of benzene rings is 1. The monoisotopic (exact) mass is 475 g/mol. The summed E-state index contributed by atoms with van der Waals surface area (Å²) in [5.74, 6) is -1.12. The van der Waals surface area contributed by atoms with Crippen molar-refractivity contribution < 1.29 is 14.3 Å². The number of nitrogens with zero attached hydrogens (tertiary/aromatic N) is 2. The van der Waals surface area contributed by atoms with Crippen molar-refractivity contribution in [1.29, 1.82) is 0 Å². The summed E-state index contributed by atoms with van der Waals surface area (Å²) in [6, 6.07) is 6.45. The van der Waals surface area contributed by atoms with Gasteiger partial charge in [-0.15, -0.1) is 0 Å². The lowest BCUT2D eigenvalue weighted by Gasteiger charge is -2.12. The number of pyridine rings is 2. The third-order valence-electron chi connectivity index (χ3n) is 4.81. The number of aliphatic imine (C=N–C) groups is 1. The number of ether oxygens (including phenoxy) is 1. The number of fused-ring (bicyclic) bond motifs is 1. The zero-order valence-corrected chi connectivity index (χ0v) is 19.4. The molecule has 0 aliphatic rings. The van der Waals surface area contributed by atoms with E-state index in [4.69, 9.17) is 16.3 Å². The minimum atomic E-state index is -0.591. The lowest BCUT2D eigenvalue weighted by Crippen LogP contribution is -2.19. The van der Waals surface area contributed by atoms with Gasteiger partial charge in [0.15, 0.2) is 5.78 Å². The van der Waals surface area contributed by atoms with Crippen molar-refractivity contribution in [3.05, 3.63) is 99.2 Å². The van der Waals surface area contributed by atoms with Gasteiger partial charge in [0.05, 0.1) is 23.4 Å². The van der Waals surface area contributed by atoms with E-state index >= 15 is 0 Å². The van der Waals surface area contributed by atoms with Crippen molar-refractivity contribution in [2.75, 3.05) is 6.61 Å². The number of hydrogen-bond donors (Lipinski definition) is 1. The molecule has 0 saturated carbocycles. The van der Waals surface area contributed by atoms with E-state index in [0.717, 1.165) is 0 Å². The molecule has 2 aromatic heterocycles. The van der Waals surface area contributed by atoms with Gasteiger partial charge in [-0.1, -0.05) is 23.8 Å². The van der Waals surface area contributed by atoms with E-state index in [-0.39, 0.29) is 17.7 Å². The van der Waals surface area contributed by atoms with Crippen molar-refractivity contribution in [2.45, 2.75) is 13.8 Å². The highest BCUT2D eigenvalue weighted by Crippen LogP contribution is 2.32. The van der Waals surface area contributed by atoms with E-state index in [9.17, 15) is 14.4 Å². The van der Waals surface area contributed by atoms with Crippen LogP contribution in [0.2, 0.25) is 5.02 Å². The summed E-state index contributed by atoms with van der Waals surface area (Å²) in [4.78, 5) is 49.3. The number of hydrogen-bond acceptors (Lipinski definition) is 6. The Bertz CT molecular complexity index is 1420. The number of carbonyl (C=O) groups is 2. The molecule has 0 aliphatic carbocycles. The lowest BCUT2D eigenvalue weighted by molar-refractivity contribution is 0.0526. The van der Waals surface area contributed by atoms with Crippen molar-refractivity contribution in [3.8, 4) is 11.1 Å². The standard InChI is InChI=1S/C26H22ClN3O4/c1-4-6-7-19(28-3)9-11-22(31)24-23(16-12-17(15-29-14-16)26(33)34-5-2)20-13-18(27)8-10-21(20)30-25(24)32/h4,6-15H,3,5H2,1-2H3,(H,30,32)/b6-4-,11-9+,19-7-. The summed E-state index contributed by atoms with van der Waals surface area (Å²) in [6.07, 6.45) is 10.8. The van der Waals surface area contributed by atoms with Crippen LogP contribution in [0.25, 0.3) is 22.0 Å². The van der Waals surface area contributed by atoms with Crippen molar-refractivity contribution in [3.63, 3.8) is 0 Å². The number of carbonyl (C=O) groups excluding carboxylic acids is 2. The molecule has 3 rings (SSSR count). The Hall–Kier alpha value is -4.10. The molecule has 2 heterocycles. The van der Waals surface area contributed by atoms with Gasteiger partial charge in [0.2, 0.25) is 0 Å². The molecule has 0 amide bonds. The molecular weight excluding hydrogens is 454 g/mol. The van der Waals surface area contributed by atoms with Crippen LogP contribution in [-0.2, 0) is 4.74 Å². The van der Waals surface area contributed by atoms with Crippen LogP contribution in [0, 0.1) is 0 Å². The van der Waals surface area contributed by atoms with Gasteiger partial charge < -0.3 is 9.72 Å². The molecule has 7 nitrogen and oxygen atoms in total. The average Bonchev–Trinajstić information content (AvgIpc) is 2.83. The van der Waals surface area contributed by atoms with E-state index in [1.54, 1.807) is 43.4 Å². The first-order chi connectivity index (χ1) is 16.4. The van der Waals surface area contributed by atoms with E-state index in [2.05, 4.69) is 21.7 Å². The zero-order chi connectivity index (χ0) is 24.7. The maximum absolute atomic E-state index is 13.2. The molecule has 0 fully saturated rings. The topological polar surface area (TPSA) is 101 Å². The van der Waals surface area contributed by atoms with Gasteiger partial charge in [-0.2, -0.15) is 0 Å². The fourth-order valence-corrected chi connectivity index (χ4v) is 3.48. The predicted octanol–water partition coefficient (Wildman–Crippen LogP) is 5.32. The fraction of sp³-hybridized carbons (Fsp3) is 0.115. The minimum Gasteiger partial charge on any atom is -0.462 e. The molecule has 34 heavy (non-hydrogen) atoms. The minimum absolute atomic E-state index is 0.122. The Morgan fingerprint density at radius 3 is 2.74 bits per heavy atom. The van der Waals surface area contributed by atoms with Crippen LogP contribution in [0.1, 0.15) is 34.6 Å². The van der Waals surface area contributed by atoms with Crippen LogP contribution in [-0.4, -0.2) is 35.0 Å². The molecule has 1 aromatic carbocycles. The first kappa shape index (κ1) is 24.5. The highest BCUT2D eigenvalue weighted by Gasteiger charge is 2.21. The van der Waals surface area contributed by atoms with Gasteiger partial charge in [0.25, 0.3) is 5.56 Å². The zero-order valence-electron chi connectivity index (χ0n) is 18.7. The molecule has 0 bridgehead atoms. The van der Waals surface area contributed by atoms with Gasteiger partial charge in [-0.25, -0.2) is 4.79 Å². The summed E-state index contributed by atoms with van der Waals surface area (Å²) in [5.41, 5.74) is 1.10. The number of esters is 1. The van der Waals surface area contributed by atoms with Crippen molar-refractivity contribution in [2.24, 2.45) is 4.99 Å². The van der Waals surface area contributed by atoms with Gasteiger partial charge in [0, 0.05) is 39.4 Å². The van der Waals surface area contributed by atoms with Crippen LogP contribution in [0.15, 0.2) is 82.5 Å². The first-order valence-corrected chi connectivity index (χ1v) is 10.8. The second kappa shape index (κ2) is 11.2. The molecular formula is C26H22ClN3O4. The Labute approximate surface area is 201 Å². The summed E-state index contributed by atoms with van der Waals surface area (Å²) in [6.45, 7) is 7.23. The molecule has 0 unspecified atom stereocenters.